The van der Waals surface area contributed by atoms with Crippen LogP contribution in [0.1, 0.15) is 36.3 Å². The maximum Gasteiger partial charge on any atom is 0.280 e. The number of likely N-dealkylation sites (tertiary alicyclic amines) is 1. The lowest BCUT2D eigenvalue weighted by Gasteiger charge is -2.49. The second kappa shape index (κ2) is 9.10. The Labute approximate surface area is 198 Å². The average Bonchev–Trinajstić information content (AvgIpc) is 2.79. The van der Waals surface area contributed by atoms with Gasteiger partial charge in [-0.05, 0) is 53.6 Å². The molecular weight excluding hydrogens is 501 g/mol. The van der Waals surface area contributed by atoms with Crippen LogP contribution in [0.15, 0.2) is 53.0 Å². The molecular formula is C24H24BrF3N2O3. The van der Waals surface area contributed by atoms with Crippen LogP contribution >= 0.6 is 15.9 Å². The van der Waals surface area contributed by atoms with Crippen molar-refractivity contribution in [2.45, 2.75) is 37.2 Å². The number of nitrogens with one attached hydrogen (secondary N) is 1. The summed E-state index contributed by atoms with van der Waals surface area (Å²) in [6.45, 7) is 0.650. The zero-order valence-corrected chi connectivity index (χ0v) is 19.3. The Bertz CT molecular complexity index is 1040. The summed E-state index contributed by atoms with van der Waals surface area (Å²) in [5.41, 5.74) is -2.74. The number of benzene rings is 2. The van der Waals surface area contributed by atoms with Gasteiger partial charge in [0.05, 0.1) is 0 Å². The number of nitrogens with zero attached hydrogens (tertiary/aromatic N) is 1. The lowest BCUT2D eigenvalue weighted by atomic mass is 9.62. The van der Waals surface area contributed by atoms with Crippen LogP contribution in [0.3, 0.4) is 0 Å². The van der Waals surface area contributed by atoms with Gasteiger partial charge < -0.3 is 15.3 Å². The molecule has 2 amide bonds. The first kappa shape index (κ1) is 23.8. The van der Waals surface area contributed by atoms with Crippen molar-refractivity contribution < 1.29 is 27.9 Å². The lowest BCUT2D eigenvalue weighted by Crippen LogP contribution is -2.57. The van der Waals surface area contributed by atoms with Gasteiger partial charge in [0.15, 0.2) is 0 Å². The molecule has 176 valence electrons. The number of hydrogen-bond acceptors (Lipinski definition) is 3. The van der Waals surface area contributed by atoms with E-state index in [9.17, 15) is 27.9 Å². The molecule has 0 bridgehead atoms. The molecule has 4 rings (SSSR count). The maximum atomic E-state index is 14.0. The van der Waals surface area contributed by atoms with E-state index in [1.807, 2.05) is 0 Å². The van der Waals surface area contributed by atoms with Crippen molar-refractivity contribution in [2.75, 3.05) is 19.6 Å². The van der Waals surface area contributed by atoms with E-state index in [0.29, 0.717) is 23.9 Å². The number of hydrogen-bond donors (Lipinski definition) is 2. The van der Waals surface area contributed by atoms with Crippen molar-refractivity contribution in [1.82, 2.24) is 10.2 Å². The third kappa shape index (κ3) is 4.40. The van der Waals surface area contributed by atoms with Crippen LogP contribution in [0.5, 0.6) is 0 Å². The Hall–Kier alpha value is -2.39. The smallest absolute Gasteiger partial charge is 0.280 e. The van der Waals surface area contributed by atoms with Gasteiger partial charge in [-0.3, -0.25) is 9.59 Å². The minimum atomic E-state index is -3.32. The Kier molecular flexibility index (Phi) is 6.55. The summed E-state index contributed by atoms with van der Waals surface area (Å²) in [4.78, 5) is 26.7. The zero-order valence-electron chi connectivity index (χ0n) is 17.7. The number of carbonyl (C=O) groups is 2. The minimum absolute atomic E-state index is 0.0906. The fourth-order valence-corrected chi connectivity index (χ4v) is 5.49. The second-order valence-electron chi connectivity index (χ2n) is 8.82. The summed E-state index contributed by atoms with van der Waals surface area (Å²) in [6.07, 6.45) is -2.26. The van der Waals surface area contributed by atoms with E-state index in [-0.39, 0.29) is 42.7 Å². The first-order valence-electron chi connectivity index (χ1n) is 10.7. The Morgan fingerprint density at radius 2 is 1.85 bits per heavy atom. The number of carbonyl (C=O) groups excluding carboxylic acids is 2. The van der Waals surface area contributed by atoms with E-state index in [4.69, 9.17) is 0 Å². The highest BCUT2D eigenvalue weighted by Gasteiger charge is 2.52. The van der Waals surface area contributed by atoms with Crippen molar-refractivity contribution in [3.63, 3.8) is 0 Å². The zero-order chi connectivity index (χ0) is 23.8. The van der Waals surface area contributed by atoms with Crippen LogP contribution in [-0.2, 0) is 15.2 Å². The minimum Gasteiger partial charge on any atom is -0.371 e. The number of alkyl halides is 2. The summed E-state index contributed by atoms with van der Waals surface area (Å²) in [7, 11) is 0. The first-order chi connectivity index (χ1) is 15.7. The van der Waals surface area contributed by atoms with E-state index in [1.165, 1.54) is 35.2 Å². The molecule has 2 N–H and O–H groups in total. The molecule has 2 aliphatic rings. The molecule has 2 fully saturated rings. The maximum absolute atomic E-state index is 14.0. The van der Waals surface area contributed by atoms with Crippen LogP contribution in [0.4, 0.5) is 13.2 Å². The number of aliphatic hydroxyl groups is 1. The third-order valence-electron chi connectivity index (χ3n) is 6.98. The van der Waals surface area contributed by atoms with Crippen molar-refractivity contribution >= 4 is 27.7 Å². The van der Waals surface area contributed by atoms with E-state index < -0.39 is 23.3 Å². The Balaban J connectivity index is 1.57. The van der Waals surface area contributed by atoms with Crippen molar-refractivity contribution in [3.8, 4) is 0 Å². The van der Waals surface area contributed by atoms with E-state index >= 15 is 0 Å². The summed E-state index contributed by atoms with van der Waals surface area (Å²) in [5.74, 6) is -1.60. The van der Waals surface area contributed by atoms with Gasteiger partial charge in [-0.15, -0.1) is 0 Å². The van der Waals surface area contributed by atoms with Crippen LogP contribution < -0.4 is 5.32 Å². The van der Waals surface area contributed by atoms with Gasteiger partial charge in [0, 0.05) is 36.4 Å². The monoisotopic (exact) mass is 524 g/mol. The second-order valence-corrected chi connectivity index (χ2v) is 9.73. The molecule has 9 heteroatoms. The quantitative estimate of drug-likeness (QED) is 0.636. The molecule has 2 heterocycles. The molecule has 2 atom stereocenters. The molecule has 0 unspecified atom stereocenters. The van der Waals surface area contributed by atoms with Crippen molar-refractivity contribution in [1.29, 1.82) is 0 Å². The van der Waals surface area contributed by atoms with Gasteiger partial charge in [0.2, 0.25) is 11.5 Å². The molecule has 5 nitrogen and oxygen atoms in total. The largest absolute Gasteiger partial charge is 0.371 e. The number of amides is 2. The van der Waals surface area contributed by atoms with Gasteiger partial charge in [-0.25, -0.2) is 13.2 Å². The molecule has 0 aromatic heterocycles. The molecule has 0 aliphatic carbocycles. The molecule has 2 saturated heterocycles. The van der Waals surface area contributed by atoms with Crippen LogP contribution in [0.2, 0.25) is 0 Å². The van der Waals surface area contributed by atoms with Crippen LogP contribution in [-0.4, -0.2) is 47.9 Å². The van der Waals surface area contributed by atoms with E-state index in [2.05, 4.69) is 21.2 Å². The first-order valence-corrected chi connectivity index (χ1v) is 11.5. The average molecular weight is 525 g/mol. The highest BCUT2D eigenvalue weighted by molar-refractivity contribution is 9.10. The number of rotatable bonds is 4. The fourth-order valence-electron chi connectivity index (χ4n) is 5.09. The lowest BCUT2D eigenvalue weighted by molar-refractivity contribution is -0.174. The van der Waals surface area contributed by atoms with Crippen molar-refractivity contribution in [2.24, 2.45) is 5.41 Å². The Morgan fingerprint density at radius 3 is 2.45 bits per heavy atom. The van der Waals surface area contributed by atoms with Crippen molar-refractivity contribution in [3.05, 3.63) is 69.9 Å². The number of halogens is 4. The molecule has 2 aromatic rings. The topological polar surface area (TPSA) is 69.6 Å². The Morgan fingerprint density at radius 1 is 1.18 bits per heavy atom. The highest BCUT2D eigenvalue weighted by atomic mass is 79.9. The highest BCUT2D eigenvalue weighted by Crippen LogP contribution is 2.49. The van der Waals surface area contributed by atoms with Gasteiger partial charge in [-0.1, -0.05) is 40.2 Å². The van der Waals surface area contributed by atoms with Gasteiger partial charge in [0.1, 0.15) is 5.82 Å². The molecule has 0 radical (unpaired) electrons. The third-order valence-corrected chi connectivity index (χ3v) is 7.47. The molecule has 33 heavy (non-hydrogen) atoms. The summed E-state index contributed by atoms with van der Waals surface area (Å²) in [6, 6.07) is 11.9. The number of piperidine rings is 2. The molecule has 1 spiro atoms. The molecule has 2 aliphatic heterocycles. The predicted octanol–water partition coefficient (Wildman–Crippen LogP) is 3.95. The summed E-state index contributed by atoms with van der Waals surface area (Å²) < 4.78 is 42.0. The van der Waals surface area contributed by atoms with Gasteiger partial charge in [-0.2, -0.15) is 0 Å². The van der Waals surface area contributed by atoms with Crippen LogP contribution in [0, 0.1) is 11.2 Å². The van der Waals surface area contributed by atoms with Crippen LogP contribution in [0.25, 0.3) is 0 Å². The van der Waals surface area contributed by atoms with Gasteiger partial charge in [0.25, 0.3) is 12.3 Å². The SMILES string of the molecule is O=C1CC2(CCN(C(=O)[C@](O)(c3cccc(Br)c3)C(F)F)CC2)[C@H](c2ccc(F)cc2)CN1. The van der Waals surface area contributed by atoms with Gasteiger partial charge >= 0.3 is 0 Å². The van der Waals surface area contributed by atoms with E-state index in [1.54, 1.807) is 18.2 Å². The standard InChI is InChI=1S/C24H24BrF3N2O3/c25-17-3-1-2-16(12-17)24(33,21(27)28)22(32)30-10-8-23(9-11-30)13-20(31)29-14-19(23)15-4-6-18(26)7-5-15/h1-7,12,19,21,33H,8-11,13-14H2,(H,29,31)/t19-,24-/m0/s1. The summed E-state index contributed by atoms with van der Waals surface area (Å²) >= 11 is 3.19. The predicted molar refractivity (Wildman–Crippen MR) is 119 cm³/mol. The summed E-state index contributed by atoms with van der Waals surface area (Å²) in [5, 5.41) is 13.7. The van der Waals surface area contributed by atoms with E-state index in [0.717, 1.165) is 5.56 Å². The normalized spacial score (nSPS) is 22.2. The molecule has 0 saturated carbocycles. The fraction of sp³-hybridized carbons (Fsp3) is 0.417. The molecule has 2 aromatic carbocycles.